The number of nitrogens with two attached hydrogens (primary N) is 1. The van der Waals surface area contributed by atoms with Gasteiger partial charge in [-0.05, 0) is 18.2 Å². The number of ether oxygens (including phenoxy) is 1. The van der Waals surface area contributed by atoms with E-state index >= 15 is 0 Å². The summed E-state index contributed by atoms with van der Waals surface area (Å²) in [5.74, 6) is 0.228. The van der Waals surface area contributed by atoms with E-state index in [0.29, 0.717) is 16.9 Å². The molecule has 1 aromatic carbocycles. The number of alkyl halides is 1. The number of rotatable bonds is 5. The van der Waals surface area contributed by atoms with Crippen LogP contribution in [0.15, 0.2) is 18.2 Å². The van der Waals surface area contributed by atoms with Gasteiger partial charge in [0.05, 0.1) is 12.7 Å². The summed E-state index contributed by atoms with van der Waals surface area (Å²) in [5, 5.41) is 0. The van der Waals surface area contributed by atoms with Crippen LogP contribution in [0.25, 0.3) is 0 Å². The maximum Gasteiger partial charge on any atom is 0.168 e. The van der Waals surface area contributed by atoms with Gasteiger partial charge in [0.1, 0.15) is 12.4 Å². The lowest BCUT2D eigenvalue weighted by Crippen LogP contribution is -2.11. The van der Waals surface area contributed by atoms with Crippen LogP contribution in [-0.4, -0.2) is 19.4 Å². The second-order valence-corrected chi connectivity index (χ2v) is 3.09. The monoisotopic (exact) mass is 211 g/mol. The zero-order valence-electron chi connectivity index (χ0n) is 8.63. The predicted molar refractivity (Wildman–Crippen MR) is 55.8 cm³/mol. The van der Waals surface area contributed by atoms with Gasteiger partial charge in [-0.1, -0.05) is 12.1 Å². The Kier molecular flexibility index (Phi) is 4.24. The quantitative estimate of drug-likeness (QED) is 0.754. The molecule has 0 bridgehead atoms. The van der Waals surface area contributed by atoms with Gasteiger partial charge < -0.3 is 10.5 Å². The molecule has 0 saturated heterocycles. The smallest absolute Gasteiger partial charge is 0.168 e. The van der Waals surface area contributed by atoms with Crippen molar-refractivity contribution in [2.75, 3.05) is 13.7 Å². The van der Waals surface area contributed by atoms with Crippen molar-refractivity contribution >= 4 is 5.78 Å². The van der Waals surface area contributed by atoms with Crippen LogP contribution in [0, 0.1) is 0 Å². The lowest BCUT2D eigenvalue weighted by molar-refractivity contribution is 0.0980. The summed E-state index contributed by atoms with van der Waals surface area (Å²) in [6, 6.07) is 4.88. The standard InChI is InChI=1S/C11H14FNO2/c1-15-10-4-2-3-8(7-12)11(10)9(14)5-6-13/h2-4H,5-7,13H2,1H3. The van der Waals surface area contributed by atoms with Gasteiger partial charge in [-0.25, -0.2) is 4.39 Å². The van der Waals surface area contributed by atoms with Crippen molar-refractivity contribution < 1.29 is 13.9 Å². The third kappa shape index (κ3) is 2.53. The maximum absolute atomic E-state index is 12.7. The van der Waals surface area contributed by atoms with Gasteiger partial charge >= 0.3 is 0 Å². The molecule has 0 aliphatic rings. The third-order valence-electron chi connectivity index (χ3n) is 2.13. The number of halogens is 1. The third-order valence-corrected chi connectivity index (χ3v) is 2.13. The second-order valence-electron chi connectivity index (χ2n) is 3.09. The Morgan fingerprint density at radius 3 is 2.80 bits per heavy atom. The molecule has 1 rings (SSSR count). The second kappa shape index (κ2) is 5.46. The lowest BCUT2D eigenvalue weighted by Gasteiger charge is -2.10. The number of carbonyl (C=O) groups is 1. The normalized spacial score (nSPS) is 10.1. The minimum absolute atomic E-state index is 0.178. The Balaban J connectivity index is 3.15. The molecule has 0 atom stereocenters. The highest BCUT2D eigenvalue weighted by atomic mass is 19.1. The fraction of sp³-hybridized carbons (Fsp3) is 0.364. The number of carbonyl (C=O) groups excluding carboxylic acids is 1. The van der Waals surface area contributed by atoms with Crippen molar-refractivity contribution in [1.29, 1.82) is 0 Å². The molecule has 0 aliphatic heterocycles. The molecule has 0 radical (unpaired) electrons. The first-order chi connectivity index (χ1) is 7.24. The maximum atomic E-state index is 12.7. The average molecular weight is 211 g/mol. The van der Waals surface area contributed by atoms with Crippen LogP contribution in [0.2, 0.25) is 0 Å². The van der Waals surface area contributed by atoms with E-state index in [-0.39, 0.29) is 18.7 Å². The summed E-state index contributed by atoms with van der Waals surface area (Å²) < 4.78 is 17.7. The molecule has 3 nitrogen and oxygen atoms in total. The molecule has 4 heteroatoms. The van der Waals surface area contributed by atoms with E-state index in [1.165, 1.54) is 7.11 Å². The summed E-state index contributed by atoms with van der Waals surface area (Å²) in [6.45, 7) is -0.425. The van der Waals surface area contributed by atoms with Crippen molar-refractivity contribution in [3.63, 3.8) is 0 Å². The van der Waals surface area contributed by atoms with E-state index < -0.39 is 6.67 Å². The molecule has 1 aromatic rings. The molecular weight excluding hydrogens is 197 g/mol. The SMILES string of the molecule is COc1cccc(CF)c1C(=O)CCN. The van der Waals surface area contributed by atoms with Gasteiger partial charge in [-0.3, -0.25) is 4.79 Å². The molecule has 0 saturated carbocycles. The molecule has 0 aromatic heterocycles. The fourth-order valence-corrected chi connectivity index (χ4v) is 1.43. The molecule has 2 N–H and O–H groups in total. The van der Waals surface area contributed by atoms with Crippen molar-refractivity contribution in [2.45, 2.75) is 13.1 Å². The Labute approximate surface area is 88.0 Å². The van der Waals surface area contributed by atoms with E-state index in [2.05, 4.69) is 0 Å². The highest BCUT2D eigenvalue weighted by Crippen LogP contribution is 2.24. The van der Waals surface area contributed by atoms with E-state index in [4.69, 9.17) is 10.5 Å². The van der Waals surface area contributed by atoms with Crippen molar-refractivity contribution in [1.82, 2.24) is 0 Å². The van der Waals surface area contributed by atoms with Crippen LogP contribution in [0.1, 0.15) is 22.3 Å². The Morgan fingerprint density at radius 2 is 2.27 bits per heavy atom. The van der Waals surface area contributed by atoms with Gasteiger partial charge in [0.25, 0.3) is 0 Å². The number of hydrogen-bond donors (Lipinski definition) is 1. The summed E-state index contributed by atoms with van der Waals surface area (Å²) >= 11 is 0. The molecule has 0 heterocycles. The number of ketones is 1. The first-order valence-electron chi connectivity index (χ1n) is 4.69. The molecule has 82 valence electrons. The van der Waals surface area contributed by atoms with Crippen molar-refractivity contribution in [2.24, 2.45) is 5.73 Å². The first kappa shape index (κ1) is 11.7. The molecule has 0 aliphatic carbocycles. The van der Waals surface area contributed by atoms with Gasteiger partial charge in [-0.2, -0.15) is 0 Å². The molecule has 15 heavy (non-hydrogen) atoms. The number of benzene rings is 1. The van der Waals surface area contributed by atoms with Gasteiger partial charge in [0.15, 0.2) is 5.78 Å². The fourth-order valence-electron chi connectivity index (χ4n) is 1.43. The van der Waals surface area contributed by atoms with Crippen LogP contribution in [0.4, 0.5) is 4.39 Å². The van der Waals surface area contributed by atoms with Gasteiger partial charge in [0, 0.05) is 6.42 Å². The summed E-state index contributed by atoms with van der Waals surface area (Å²) in [7, 11) is 1.45. The van der Waals surface area contributed by atoms with E-state index in [0.717, 1.165) is 0 Å². The van der Waals surface area contributed by atoms with Crippen molar-refractivity contribution in [3.8, 4) is 5.75 Å². The number of methoxy groups -OCH3 is 1. The van der Waals surface area contributed by atoms with Crippen LogP contribution in [0.3, 0.4) is 0 Å². The van der Waals surface area contributed by atoms with E-state index in [1.54, 1.807) is 18.2 Å². The van der Waals surface area contributed by atoms with Crippen molar-refractivity contribution in [3.05, 3.63) is 29.3 Å². The van der Waals surface area contributed by atoms with Crippen LogP contribution < -0.4 is 10.5 Å². The minimum atomic E-state index is -0.678. The Morgan fingerprint density at radius 1 is 1.53 bits per heavy atom. The zero-order valence-corrected chi connectivity index (χ0v) is 8.63. The molecule has 0 spiro atoms. The highest BCUT2D eigenvalue weighted by Gasteiger charge is 2.15. The minimum Gasteiger partial charge on any atom is -0.496 e. The Hall–Kier alpha value is -1.42. The summed E-state index contributed by atoms with van der Waals surface area (Å²) in [4.78, 5) is 11.7. The zero-order chi connectivity index (χ0) is 11.3. The van der Waals surface area contributed by atoms with Crippen LogP contribution >= 0.6 is 0 Å². The number of hydrogen-bond acceptors (Lipinski definition) is 3. The summed E-state index contributed by atoms with van der Waals surface area (Å²) in [5.41, 5.74) is 5.96. The Bertz CT molecular complexity index is 330. The molecule has 0 unspecified atom stereocenters. The van der Waals surface area contributed by atoms with Gasteiger partial charge in [-0.15, -0.1) is 0 Å². The van der Waals surface area contributed by atoms with Crippen LogP contribution in [0.5, 0.6) is 5.75 Å². The molecule has 0 amide bonds. The predicted octanol–water partition coefficient (Wildman–Crippen LogP) is 1.70. The molecular formula is C11H14FNO2. The average Bonchev–Trinajstić information content (AvgIpc) is 2.28. The number of Topliss-reactive ketones (excluding diaryl/α,β-unsaturated/α-hetero) is 1. The summed E-state index contributed by atoms with van der Waals surface area (Å²) in [6.07, 6.45) is 0.202. The molecule has 0 fully saturated rings. The van der Waals surface area contributed by atoms with E-state index in [1.807, 2.05) is 0 Å². The van der Waals surface area contributed by atoms with Gasteiger partial charge in [0.2, 0.25) is 0 Å². The largest absolute Gasteiger partial charge is 0.496 e. The van der Waals surface area contributed by atoms with Crippen LogP contribution in [-0.2, 0) is 6.67 Å². The topological polar surface area (TPSA) is 52.3 Å². The lowest BCUT2D eigenvalue weighted by atomic mass is 10.0. The highest BCUT2D eigenvalue weighted by molar-refractivity contribution is 6.00. The first-order valence-corrected chi connectivity index (χ1v) is 4.69. The van der Waals surface area contributed by atoms with E-state index in [9.17, 15) is 9.18 Å².